The molecular weight excluding hydrogens is 561 g/mol. The maximum absolute atomic E-state index is 14.7. The summed E-state index contributed by atoms with van der Waals surface area (Å²) in [5.74, 6) is 0.366. The third kappa shape index (κ3) is 5.95. The first-order chi connectivity index (χ1) is 21.1. The number of nitrogens with zero attached hydrogens (tertiary/aromatic N) is 7. The summed E-state index contributed by atoms with van der Waals surface area (Å²) >= 11 is 0. The van der Waals surface area contributed by atoms with E-state index in [0.29, 0.717) is 57.8 Å². The Hall–Kier alpha value is -4.17. The molecule has 0 saturated carbocycles. The predicted octanol–water partition coefficient (Wildman–Crippen LogP) is 4.05. The third-order valence-corrected chi connectivity index (χ3v) is 9.14. The highest BCUT2D eigenvalue weighted by Crippen LogP contribution is 2.37. The van der Waals surface area contributed by atoms with Crippen molar-refractivity contribution in [3.05, 3.63) is 47.7 Å². The number of phenolic OH excluding ortho intramolecular Hbond substituents is 1. The fourth-order valence-corrected chi connectivity index (χ4v) is 6.75. The van der Waals surface area contributed by atoms with Crippen LogP contribution in [0.1, 0.15) is 44.4 Å². The molecule has 0 aliphatic carbocycles. The van der Waals surface area contributed by atoms with Crippen LogP contribution in [-0.2, 0) is 17.8 Å². The van der Waals surface area contributed by atoms with E-state index in [4.69, 9.17) is 14.7 Å². The number of carbonyl (C=O) groups excluding carboxylic acids is 1. The van der Waals surface area contributed by atoms with Gasteiger partial charge in [0.05, 0.1) is 30.8 Å². The van der Waals surface area contributed by atoms with Crippen LogP contribution in [-0.4, -0.2) is 94.9 Å². The van der Waals surface area contributed by atoms with Crippen molar-refractivity contribution in [2.45, 2.75) is 63.8 Å². The van der Waals surface area contributed by atoms with Crippen molar-refractivity contribution in [2.75, 3.05) is 56.2 Å². The second kappa shape index (κ2) is 12.1. The van der Waals surface area contributed by atoms with Gasteiger partial charge in [0.25, 0.3) is 5.91 Å². The van der Waals surface area contributed by atoms with E-state index in [9.17, 15) is 19.6 Å². The number of piperazine rings is 1. The topological polar surface area (TPSA) is 109 Å². The summed E-state index contributed by atoms with van der Waals surface area (Å²) in [6, 6.07) is 13.9. The number of fused-ring (bicyclic) bond motifs is 2. The zero-order chi connectivity index (χ0) is 31.0. The minimum atomic E-state index is -2.02. The summed E-state index contributed by atoms with van der Waals surface area (Å²) in [6.07, 6.45) is 2.96. The average molecular weight is 602 g/mol. The normalized spacial score (nSPS) is 20.9. The van der Waals surface area contributed by atoms with E-state index in [0.717, 1.165) is 52.9 Å². The van der Waals surface area contributed by atoms with Crippen molar-refractivity contribution in [1.82, 2.24) is 19.8 Å². The Morgan fingerprint density at radius 2 is 1.95 bits per heavy atom. The van der Waals surface area contributed by atoms with Gasteiger partial charge in [0, 0.05) is 54.9 Å². The molecule has 3 aliphatic heterocycles. The smallest absolute Gasteiger partial charge is 0.318 e. The van der Waals surface area contributed by atoms with Crippen molar-refractivity contribution in [1.29, 1.82) is 5.26 Å². The van der Waals surface area contributed by atoms with Crippen LogP contribution < -0.4 is 14.5 Å². The molecule has 3 aromatic rings. The lowest BCUT2D eigenvalue weighted by Gasteiger charge is -2.43. The molecular formula is C33H40FN7O3. The van der Waals surface area contributed by atoms with Gasteiger partial charge in [0.15, 0.2) is 5.67 Å². The number of phenols is 1. The fourth-order valence-electron chi connectivity index (χ4n) is 6.75. The van der Waals surface area contributed by atoms with E-state index in [1.807, 2.05) is 18.2 Å². The number of anilines is 2. The molecule has 0 bridgehead atoms. The Morgan fingerprint density at radius 1 is 1.14 bits per heavy atom. The molecule has 3 aliphatic rings. The maximum Gasteiger partial charge on any atom is 0.318 e. The molecule has 1 N–H and O–H groups in total. The van der Waals surface area contributed by atoms with Crippen LogP contribution in [0.4, 0.5) is 15.9 Å². The predicted molar refractivity (Wildman–Crippen MR) is 167 cm³/mol. The molecule has 2 fully saturated rings. The first kappa shape index (κ1) is 29.9. The molecule has 1 aromatic heterocycles. The number of likely N-dealkylation sites (tertiary alicyclic amines) is 1. The van der Waals surface area contributed by atoms with Crippen molar-refractivity contribution in [3.63, 3.8) is 0 Å². The third-order valence-electron chi connectivity index (χ3n) is 9.14. The van der Waals surface area contributed by atoms with Gasteiger partial charge in [0.1, 0.15) is 18.2 Å². The number of amides is 1. The second-order valence-electron chi connectivity index (χ2n) is 12.6. The van der Waals surface area contributed by atoms with Gasteiger partial charge >= 0.3 is 6.01 Å². The van der Waals surface area contributed by atoms with Crippen LogP contribution in [0.2, 0.25) is 0 Å². The summed E-state index contributed by atoms with van der Waals surface area (Å²) in [5, 5.41) is 22.1. The van der Waals surface area contributed by atoms with Gasteiger partial charge in [-0.3, -0.25) is 4.79 Å². The SMILES string of the molecule is CN1CCC[C@H]1COc1nc2c(c(N3CCN(C(=O)C(C)(C)F)[C@@H](CC#N)C3)n1)CCN(c1cc(O)cc3ccccc13)C2. The monoisotopic (exact) mass is 601 g/mol. The van der Waals surface area contributed by atoms with E-state index in [1.165, 1.54) is 18.7 Å². The lowest BCUT2D eigenvalue weighted by molar-refractivity contribution is -0.144. The number of alkyl halides is 1. The Bertz CT molecular complexity index is 1590. The van der Waals surface area contributed by atoms with Gasteiger partial charge < -0.3 is 29.4 Å². The zero-order valence-corrected chi connectivity index (χ0v) is 25.7. The number of rotatable bonds is 7. The molecule has 6 rings (SSSR count). The number of nitriles is 1. The molecule has 11 heteroatoms. The van der Waals surface area contributed by atoms with Crippen molar-refractivity contribution >= 4 is 28.2 Å². The number of halogens is 1. The molecule has 2 saturated heterocycles. The van der Waals surface area contributed by atoms with Crippen LogP contribution in [0.3, 0.4) is 0 Å². The molecule has 0 spiro atoms. The Kier molecular flexibility index (Phi) is 8.20. The molecule has 232 valence electrons. The van der Waals surface area contributed by atoms with E-state index in [-0.39, 0.29) is 12.2 Å². The number of likely N-dealkylation sites (N-methyl/N-ethyl adjacent to an activating group) is 1. The number of aromatic hydroxyl groups is 1. The van der Waals surface area contributed by atoms with Gasteiger partial charge in [-0.05, 0) is 58.2 Å². The first-order valence-corrected chi connectivity index (χ1v) is 15.4. The first-order valence-electron chi connectivity index (χ1n) is 15.4. The number of aromatic nitrogens is 2. The molecule has 1 amide bonds. The van der Waals surface area contributed by atoms with Crippen LogP contribution in [0.5, 0.6) is 11.8 Å². The largest absolute Gasteiger partial charge is 0.508 e. The van der Waals surface area contributed by atoms with Gasteiger partial charge in [-0.15, -0.1) is 0 Å². The van der Waals surface area contributed by atoms with Crippen molar-refractivity contribution in [3.8, 4) is 17.8 Å². The van der Waals surface area contributed by atoms with Crippen LogP contribution in [0.25, 0.3) is 10.8 Å². The summed E-state index contributed by atoms with van der Waals surface area (Å²) in [7, 11) is 2.10. The summed E-state index contributed by atoms with van der Waals surface area (Å²) < 4.78 is 20.9. The summed E-state index contributed by atoms with van der Waals surface area (Å²) in [4.78, 5) is 30.9. The number of carbonyl (C=O) groups is 1. The number of hydrogen-bond acceptors (Lipinski definition) is 9. The van der Waals surface area contributed by atoms with E-state index in [2.05, 4.69) is 33.9 Å². The minimum Gasteiger partial charge on any atom is -0.508 e. The lowest BCUT2D eigenvalue weighted by Crippen LogP contribution is -2.58. The van der Waals surface area contributed by atoms with Crippen LogP contribution >= 0.6 is 0 Å². The van der Waals surface area contributed by atoms with E-state index < -0.39 is 17.6 Å². The van der Waals surface area contributed by atoms with Gasteiger partial charge in [0.2, 0.25) is 0 Å². The highest BCUT2D eigenvalue weighted by atomic mass is 19.1. The molecule has 10 nitrogen and oxygen atoms in total. The van der Waals surface area contributed by atoms with Crippen LogP contribution in [0, 0.1) is 11.3 Å². The molecule has 44 heavy (non-hydrogen) atoms. The van der Waals surface area contributed by atoms with Crippen molar-refractivity contribution < 1.29 is 19.0 Å². The zero-order valence-electron chi connectivity index (χ0n) is 25.7. The van der Waals surface area contributed by atoms with Crippen molar-refractivity contribution in [2.24, 2.45) is 0 Å². The highest BCUT2D eigenvalue weighted by molar-refractivity contribution is 5.95. The molecule has 4 heterocycles. The standard InChI is InChI=1S/C33H40FN7O3/c1-33(2,34)31(43)41-16-15-40(19-23(41)10-12-35)30-27-11-14-39(29-18-25(42)17-22-7-4-5-9-26(22)29)20-28(27)36-32(37-30)44-21-24-8-6-13-38(24)3/h4-5,7,9,17-18,23-24,42H,6,8,10-11,13-16,19-21H2,1-3H3/t23-,24-/m0/s1. The van der Waals surface area contributed by atoms with Gasteiger partial charge in [-0.2, -0.15) is 15.2 Å². The van der Waals surface area contributed by atoms with Gasteiger partial charge in [-0.25, -0.2) is 4.39 Å². The Labute approximate surface area is 257 Å². The van der Waals surface area contributed by atoms with Gasteiger partial charge in [-0.1, -0.05) is 24.3 Å². The summed E-state index contributed by atoms with van der Waals surface area (Å²) in [6.45, 7) is 6.37. The van der Waals surface area contributed by atoms with E-state index >= 15 is 0 Å². The number of hydrogen-bond donors (Lipinski definition) is 1. The molecule has 0 unspecified atom stereocenters. The second-order valence-corrected chi connectivity index (χ2v) is 12.6. The Balaban J connectivity index is 1.33. The van der Waals surface area contributed by atoms with Crippen LogP contribution in [0.15, 0.2) is 36.4 Å². The molecule has 2 atom stereocenters. The quantitative estimate of drug-likeness (QED) is 0.429. The Morgan fingerprint density at radius 3 is 2.70 bits per heavy atom. The molecule has 2 aromatic carbocycles. The fraction of sp³-hybridized carbons (Fsp3) is 0.515. The highest BCUT2D eigenvalue weighted by Gasteiger charge is 2.39. The summed E-state index contributed by atoms with van der Waals surface area (Å²) in [5.41, 5.74) is 0.787. The maximum atomic E-state index is 14.7. The van der Waals surface area contributed by atoms with E-state index in [1.54, 1.807) is 12.1 Å². The number of ether oxygens (including phenoxy) is 1. The average Bonchev–Trinajstić information content (AvgIpc) is 3.42. The number of benzene rings is 2. The minimum absolute atomic E-state index is 0.0985. The molecule has 0 radical (unpaired) electrons. The lowest BCUT2D eigenvalue weighted by atomic mass is 10.00.